The number of ether oxygens (including phenoxy) is 1. The molecule has 2 aromatic rings. The first-order valence-corrected chi connectivity index (χ1v) is 7.11. The highest BCUT2D eigenvalue weighted by Gasteiger charge is 2.20. The van der Waals surface area contributed by atoms with E-state index in [1.54, 1.807) is 0 Å². The summed E-state index contributed by atoms with van der Waals surface area (Å²) >= 11 is 3.43. The number of hydrogen-bond acceptors (Lipinski definition) is 2. The second-order valence-electron chi connectivity index (χ2n) is 4.60. The Bertz CT molecular complexity index is 577. The molecule has 0 aromatic heterocycles. The number of hydrogen-bond donors (Lipinski definition) is 0. The second-order valence-corrected chi connectivity index (χ2v) is 5.51. The smallest absolute Gasteiger partial charge is 0.216 e. The van der Waals surface area contributed by atoms with Gasteiger partial charge in [-0.25, -0.2) is 4.99 Å². The third kappa shape index (κ3) is 3.04. The van der Waals surface area contributed by atoms with E-state index in [0.717, 1.165) is 22.4 Å². The maximum atomic E-state index is 5.70. The van der Waals surface area contributed by atoms with Gasteiger partial charge in [0.05, 0.1) is 6.04 Å². The van der Waals surface area contributed by atoms with Crippen molar-refractivity contribution in [2.75, 3.05) is 6.61 Å². The number of aliphatic imine (C=N–C) groups is 1. The quantitative estimate of drug-likeness (QED) is 0.843. The van der Waals surface area contributed by atoms with Crippen LogP contribution in [-0.4, -0.2) is 18.5 Å². The van der Waals surface area contributed by atoms with E-state index in [2.05, 4.69) is 45.2 Å². The molecule has 3 rings (SSSR count). The molecule has 0 amide bonds. The van der Waals surface area contributed by atoms with Gasteiger partial charge in [-0.1, -0.05) is 46.3 Å². The molecule has 2 aromatic carbocycles. The Morgan fingerprint density at radius 3 is 2.53 bits per heavy atom. The molecule has 0 bridgehead atoms. The predicted octanol–water partition coefficient (Wildman–Crippen LogP) is 3.84. The lowest BCUT2D eigenvalue weighted by Gasteiger charge is -2.04. The molecule has 0 radical (unpaired) electrons. The molecule has 0 fully saturated rings. The number of nitrogens with zero attached hydrogens (tertiary/aromatic N) is 1. The van der Waals surface area contributed by atoms with E-state index in [1.807, 2.05) is 30.3 Å². The van der Waals surface area contributed by atoms with Gasteiger partial charge >= 0.3 is 0 Å². The average molecular weight is 316 g/mol. The van der Waals surface area contributed by atoms with Crippen LogP contribution in [0, 0.1) is 0 Å². The van der Waals surface area contributed by atoms with Gasteiger partial charge in [0.15, 0.2) is 0 Å². The van der Waals surface area contributed by atoms with Crippen molar-refractivity contribution in [2.45, 2.75) is 12.5 Å². The highest BCUT2D eigenvalue weighted by atomic mass is 79.9. The average Bonchev–Trinajstić information content (AvgIpc) is 2.89. The minimum atomic E-state index is 0.223. The van der Waals surface area contributed by atoms with Crippen LogP contribution in [0.15, 0.2) is 64.1 Å². The van der Waals surface area contributed by atoms with Crippen LogP contribution in [0.2, 0.25) is 0 Å². The van der Waals surface area contributed by atoms with Crippen molar-refractivity contribution in [3.63, 3.8) is 0 Å². The number of rotatable bonds is 3. The van der Waals surface area contributed by atoms with Crippen molar-refractivity contribution >= 4 is 21.8 Å². The van der Waals surface area contributed by atoms with Gasteiger partial charge in [0, 0.05) is 10.0 Å². The first kappa shape index (κ1) is 12.4. The first-order chi connectivity index (χ1) is 9.31. The first-order valence-electron chi connectivity index (χ1n) is 6.32. The number of benzene rings is 2. The highest BCUT2D eigenvalue weighted by Crippen LogP contribution is 2.17. The van der Waals surface area contributed by atoms with Crippen molar-refractivity contribution < 1.29 is 4.74 Å². The standard InChI is InChI=1S/C16H14BrNO/c17-14-8-6-13(7-9-14)16-18-15(11-19-16)10-12-4-2-1-3-5-12/h1-9,15H,10-11H2/t15-/m0/s1. The van der Waals surface area contributed by atoms with E-state index >= 15 is 0 Å². The minimum absolute atomic E-state index is 0.223. The third-order valence-corrected chi connectivity index (χ3v) is 3.65. The van der Waals surface area contributed by atoms with E-state index in [9.17, 15) is 0 Å². The lowest BCUT2D eigenvalue weighted by atomic mass is 10.1. The summed E-state index contributed by atoms with van der Waals surface area (Å²) in [6.45, 7) is 0.667. The van der Waals surface area contributed by atoms with Crippen LogP contribution in [0.4, 0.5) is 0 Å². The van der Waals surface area contributed by atoms with Gasteiger partial charge in [0.2, 0.25) is 5.90 Å². The summed E-state index contributed by atoms with van der Waals surface area (Å²) < 4.78 is 6.76. The zero-order chi connectivity index (χ0) is 13.1. The van der Waals surface area contributed by atoms with Gasteiger partial charge in [0.25, 0.3) is 0 Å². The molecule has 3 heteroatoms. The van der Waals surface area contributed by atoms with Crippen LogP contribution in [0.25, 0.3) is 0 Å². The molecule has 0 unspecified atom stereocenters. The molecular weight excluding hydrogens is 302 g/mol. The van der Waals surface area contributed by atoms with Gasteiger partial charge in [0.1, 0.15) is 6.61 Å². The van der Waals surface area contributed by atoms with Gasteiger partial charge in [-0.2, -0.15) is 0 Å². The second kappa shape index (κ2) is 5.57. The third-order valence-electron chi connectivity index (χ3n) is 3.12. The molecule has 0 aliphatic carbocycles. The molecule has 1 atom stereocenters. The van der Waals surface area contributed by atoms with Crippen LogP contribution >= 0.6 is 15.9 Å². The van der Waals surface area contributed by atoms with Gasteiger partial charge < -0.3 is 4.74 Å². The fourth-order valence-corrected chi connectivity index (χ4v) is 2.42. The summed E-state index contributed by atoms with van der Waals surface area (Å²) in [5.74, 6) is 0.758. The maximum Gasteiger partial charge on any atom is 0.216 e. The predicted molar refractivity (Wildman–Crippen MR) is 80.6 cm³/mol. The summed E-state index contributed by atoms with van der Waals surface area (Å²) in [5.41, 5.74) is 2.34. The van der Waals surface area contributed by atoms with Crippen molar-refractivity contribution in [1.29, 1.82) is 0 Å². The summed E-state index contributed by atoms with van der Waals surface area (Å²) in [4.78, 5) is 4.66. The molecule has 0 saturated heterocycles. The summed E-state index contributed by atoms with van der Waals surface area (Å²) in [7, 11) is 0. The van der Waals surface area contributed by atoms with Crippen LogP contribution in [-0.2, 0) is 11.2 Å². The van der Waals surface area contributed by atoms with E-state index in [4.69, 9.17) is 4.74 Å². The van der Waals surface area contributed by atoms with E-state index in [0.29, 0.717) is 6.61 Å². The van der Waals surface area contributed by atoms with Crippen LogP contribution in [0.5, 0.6) is 0 Å². The zero-order valence-corrected chi connectivity index (χ0v) is 12.0. The Hall–Kier alpha value is -1.61. The maximum absolute atomic E-state index is 5.70. The van der Waals surface area contributed by atoms with Crippen molar-refractivity contribution in [2.24, 2.45) is 4.99 Å². The van der Waals surface area contributed by atoms with Gasteiger partial charge in [-0.05, 0) is 36.2 Å². The molecule has 1 heterocycles. The van der Waals surface area contributed by atoms with Crippen molar-refractivity contribution in [3.05, 3.63) is 70.2 Å². The summed E-state index contributed by atoms with van der Waals surface area (Å²) in [5, 5.41) is 0. The molecule has 0 spiro atoms. The Labute approximate surface area is 121 Å². The van der Waals surface area contributed by atoms with E-state index in [1.165, 1.54) is 5.56 Å². The largest absolute Gasteiger partial charge is 0.475 e. The Balaban J connectivity index is 1.72. The zero-order valence-electron chi connectivity index (χ0n) is 10.4. The lowest BCUT2D eigenvalue weighted by Crippen LogP contribution is -2.09. The highest BCUT2D eigenvalue weighted by molar-refractivity contribution is 9.10. The van der Waals surface area contributed by atoms with Crippen LogP contribution < -0.4 is 0 Å². The van der Waals surface area contributed by atoms with Crippen LogP contribution in [0.3, 0.4) is 0 Å². The minimum Gasteiger partial charge on any atom is -0.475 e. The molecular formula is C16H14BrNO. The normalized spacial score (nSPS) is 17.9. The Morgan fingerprint density at radius 2 is 1.79 bits per heavy atom. The molecule has 19 heavy (non-hydrogen) atoms. The fraction of sp³-hybridized carbons (Fsp3) is 0.188. The Morgan fingerprint density at radius 1 is 1.05 bits per heavy atom. The monoisotopic (exact) mass is 315 g/mol. The molecule has 96 valence electrons. The molecule has 1 aliphatic rings. The SMILES string of the molecule is Brc1ccc(C2=N[C@@H](Cc3ccccc3)CO2)cc1. The molecule has 1 aliphatic heterocycles. The van der Waals surface area contributed by atoms with Crippen molar-refractivity contribution in [1.82, 2.24) is 0 Å². The van der Waals surface area contributed by atoms with Gasteiger partial charge in [-0.3, -0.25) is 0 Å². The van der Waals surface area contributed by atoms with Crippen molar-refractivity contribution in [3.8, 4) is 0 Å². The van der Waals surface area contributed by atoms with E-state index in [-0.39, 0.29) is 6.04 Å². The molecule has 0 saturated carbocycles. The van der Waals surface area contributed by atoms with E-state index < -0.39 is 0 Å². The Kier molecular flexibility index (Phi) is 3.65. The number of halogens is 1. The topological polar surface area (TPSA) is 21.6 Å². The fourth-order valence-electron chi connectivity index (χ4n) is 2.16. The lowest BCUT2D eigenvalue weighted by molar-refractivity contribution is 0.317. The molecule has 2 nitrogen and oxygen atoms in total. The molecule has 0 N–H and O–H groups in total. The summed E-state index contributed by atoms with van der Waals surface area (Å²) in [6, 6.07) is 18.7. The van der Waals surface area contributed by atoms with Crippen LogP contribution in [0.1, 0.15) is 11.1 Å². The summed E-state index contributed by atoms with van der Waals surface area (Å²) in [6.07, 6.45) is 0.931. The van der Waals surface area contributed by atoms with Gasteiger partial charge in [-0.15, -0.1) is 0 Å².